The van der Waals surface area contributed by atoms with E-state index in [1.54, 1.807) is 0 Å². The molecule has 0 saturated heterocycles. The molecule has 0 aliphatic heterocycles. The van der Waals surface area contributed by atoms with Gasteiger partial charge < -0.3 is 15.9 Å². The van der Waals surface area contributed by atoms with Crippen LogP contribution in [0.4, 0.5) is 0 Å². The Labute approximate surface area is 105 Å². The predicted octanol–water partition coefficient (Wildman–Crippen LogP) is 0.427. The second-order valence-corrected chi connectivity index (χ2v) is 5.91. The molecule has 0 heterocycles. The number of aliphatic hydroxyl groups excluding tert-OH is 2. The van der Waals surface area contributed by atoms with E-state index < -0.39 is 0 Å². The van der Waals surface area contributed by atoms with Gasteiger partial charge in [-0.25, -0.2) is 0 Å². The SMILES string of the molecule is CC1(C)CCCC(CN(CCO)CCO)C1N. The summed E-state index contributed by atoms with van der Waals surface area (Å²) in [5, 5.41) is 18.0. The summed E-state index contributed by atoms with van der Waals surface area (Å²) in [6, 6.07) is 0.219. The van der Waals surface area contributed by atoms with Gasteiger partial charge in [0.25, 0.3) is 0 Å². The molecule has 0 aromatic rings. The van der Waals surface area contributed by atoms with E-state index in [2.05, 4.69) is 18.7 Å². The van der Waals surface area contributed by atoms with Crippen LogP contribution in [0, 0.1) is 11.3 Å². The van der Waals surface area contributed by atoms with Crippen molar-refractivity contribution in [2.75, 3.05) is 32.8 Å². The molecule has 1 aliphatic rings. The molecule has 1 fully saturated rings. The summed E-state index contributed by atoms with van der Waals surface area (Å²) < 4.78 is 0. The second kappa shape index (κ2) is 6.69. The van der Waals surface area contributed by atoms with E-state index in [4.69, 9.17) is 15.9 Å². The van der Waals surface area contributed by atoms with Crippen LogP contribution in [-0.4, -0.2) is 54.0 Å². The molecular formula is C13H28N2O2. The molecule has 0 bridgehead atoms. The third-order valence-corrected chi connectivity index (χ3v) is 4.13. The first-order valence-corrected chi connectivity index (χ1v) is 6.71. The van der Waals surface area contributed by atoms with Crippen LogP contribution < -0.4 is 5.73 Å². The highest BCUT2D eigenvalue weighted by atomic mass is 16.3. The minimum Gasteiger partial charge on any atom is -0.395 e. The predicted molar refractivity (Wildman–Crippen MR) is 69.7 cm³/mol. The molecule has 2 unspecified atom stereocenters. The third-order valence-electron chi connectivity index (χ3n) is 4.13. The van der Waals surface area contributed by atoms with Gasteiger partial charge >= 0.3 is 0 Å². The average molecular weight is 244 g/mol. The van der Waals surface area contributed by atoms with Crippen LogP contribution in [0.3, 0.4) is 0 Å². The molecule has 1 rings (SSSR count). The molecule has 4 heteroatoms. The van der Waals surface area contributed by atoms with Gasteiger partial charge in [0.15, 0.2) is 0 Å². The van der Waals surface area contributed by atoms with Crippen LogP contribution in [0.5, 0.6) is 0 Å². The summed E-state index contributed by atoms with van der Waals surface area (Å²) in [5.41, 5.74) is 6.56. The van der Waals surface area contributed by atoms with E-state index in [0.717, 1.165) is 13.0 Å². The van der Waals surface area contributed by atoms with E-state index in [1.807, 2.05) is 0 Å². The van der Waals surface area contributed by atoms with Crippen molar-refractivity contribution in [1.29, 1.82) is 0 Å². The summed E-state index contributed by atoms with van der Waals surface area (Å²) in [5.74, 6) is 0.483. The van der Waals surface area contributed by atoms with Crippen molar-refractivity contribution in [3.63, 3.8) is 0 Å². The molecule has 0 spiro atoms. The molecule has 0 aromatic heterocycles. The van der Waals surface area contributed by atoms with Crippen LogP contribution in [0.25, 0.3) is 0 Å². The van der Waals surface area contributed by atoms with Crippen LogP contribution in [0.2, 0.25) is 0 Å². The van der Waals surface area contributed by atoms with E-state index in [-0.39, 0.29) is 24.7 Å². The summed E-state index contributed by atoms with van der Waals surface area (Å²) in [6.07, 6.45) is 3.60. The second-order valence-electron chi connectivity index (χ2n) is 5.91. The van der Waals surface area contributed by atoms with Gasteiger partial charge in [-0.1, -0.05) is 20.3 Å². The largest absolute Gasteiger partial charge is 0.395 e. The van der Waals surface area contributed by atoms with E-state index in [9.17, 15) is 0 Å². The summed E-state index contributed by atoms with van der Waals surface area (Å²) in [6.45, 7) is 6.93. The Hall–Kier alpha value is -0.160. The van der Waals surface area contributed by atoms with Crippen molar-refractivity contribution in [2.45, 2.75) is 39.2 Å². The van der Waals surface area contributed by atoms with Crippen molar-refractivity contribution in [2.24, 2.45) is 17.1 Å². The Bertz CT molecular complexity index is 215. The Morgan fingerprint density at radius 1 is 1.24 bits per heavy atom. The minimum absolute atomic E-state index is 0.144. The topological polar surface area (TPSA) is 69.7 Å². The van der Waals surface area contributed by atoms with Gasteiger partial charge in [-0.3, -0.25) is 4.90 Å². The lowest BCUT2D eigenvalue weighted by atomic mass is 9.68. The maximum Gasteiger partial charge on any atom is 0.0558 e. The summed E-state index contributed by atoms with van der Waals surface area (Å²) in [4.78, 5) is 2.12. The molecular weight excluding hydrogens is 216 g/mol. The first-order chi connectivity index (χ1) is 8.01. The maximum atomic E-state index is 9.01. The normalized spacial score (nSPS) is 28.6. The molecule has 102 valence electrons. The molecule has 17 heavy (non-hydrogen) atoms. The van der Waals surface area contributed by atoms with Crippen LogP contribution in [0.15, 0.2) is 0 Å². The number of hydrogen-bond acceptors (Lipinski definition) is 4. The lowest BCUT2D eigenvalue weighted by Crippen LogP contribution is -2.50. The van der Waals surface area contributed by atoms with Crippen molar-refractivity contribution in [3.8, 4) is 0 Å². The Morgan fingerprint density at radius 3 is 2.35 bits per heavy atom. The number of nitrogens with two attached hydrogens (primary N) is 1. The molecule has 0 amide bonds. The van der Waals surface area contributed by atoms with E-state index in [0.29, 0.717) is 19.0 Å². The zero-order valence-corrected chi connectivity index (χ0v) is 11.2. The zero-order valence-electron chi connectivity index (χ0n) is 11.2. The Balaban J connectivity index is 2.52. The van der Waals surface area contributed by atoms with Gasteiger partial charge in [0.05, 0.1) is 13.2 Å². The fourth-order valence-electron chi connectivity index (χ4n) is 2.92. The fraction of sp³-hybridized carbons (Fsp3) is 1.00. The van der Waals surface area contributed by atoms with Gasteiger partial charge in [-0.2, -0.15) is 0 Å². The molecule has 1 saturated carbocycles. The molecule has 0 aromatic carbocycles. The lowest BCUT2D eigenvalue weighted by molar-refractivity contribution is 0.0842. The van der Waals surface area contributed by atoms with Crippen molar-refractivity contribution in [1.82, 2.24) is 4.90 Å². The first-order valence-electron chi connectivity index (χ1n) is 6.71. The maximum absolute atomic E-state index is 9.01. The fourth-order valence-corrected chi connectivity index (χ4v) is 2.92. The highest BCUT2D eigenvalue weighted by molar-refractivity contribution is 4.92. The highest BCUT2D eigenvalue weighted by Crippen LogP contribution is 2.37. The number of nitrogens with zero attached hydrogens (tertiary/aromatic N) is 1. The van der Waals surface area contributed by atoms with Gasteiger partial charge in [0.1, 0.15) is 0 Å². The van der Waals surface area contributed by atoms with E-state index in [1.165, 1.54) is 12.8 Å². The Kier molecular flexibility index (Phi) is 5.86. The monoisotopic (exact) mass is 244 g/mol. The number of rotatable bonds is 6. The molecule has 0 radical (unpaired) electrons. The van der Waals surface area contributed by atoms with Crippen molar-refractivity contribution in [3.05, 3.63) is 0 Å². The molecule has 1 aliphatic carbocycles. The van der Waals surface area contributed by atoms with Gasteiger partial charge in [-0.15, -0.1) is 0 Å². The van der Waals surface area contributed by atoms with Crippen molar-refractivity contribution < 1.29 is 10.2 Å². The quantitative estimate of drug-likeness (QED) is 0.633. The summed E-state index contributed by atoms with van der Waals surface area (Å²) in [7, 11) is 0. The minimum atomic E-state index is 0.144. The third kappa shape index (κ3) is 4.21. The number of aliphatic hydroxyl groups is 2. The van der Waals surface area contributed by atoms with Crippen LogP contribution in [0.1, 0.15) is 33.1 Å². The van der Waals surface area contributed by atoms with Gasteiger partial charge in [0.2, 0.25) is 0 Å². The molecule has 4 nitrogen and oxygen atoms in total. The zero-order chi connectivity index (χ0) is 12.9. The highest BCUT2D eigenvalue weighted by Gasteiger charge is 2.36. The first kappa shape index (κ1) is 14.9. The average Bonchev–Trinajstić information content (AvgIpc) is 2.25. The Morgan fingerprint density at radius 2 is 1.82 bits per heavy atom. The van der Waals surface area contributed by atoms with E-state index >= 15 is 0 Å². The molecule has 2 atom stereocenters. The van der Waals surface area contributed by atoms with Crippen LogP contribution >= 0.6 is 0 Å². The van der Waals surface area contributed by atoms with Crippen molar-refractivity contribution >= 4 is 0 Å². The molecule has 4 N–H and O–H groups in total. The smallest absolute Gasteiger partial charge is 0.0558 e. The number of hydrogen-bond donors (Lipinski definition) is 3. The van der Waals surface area contributed by atoms with Gasteiger partial charge in [0, 0.05) is 25.7 Å². The van der Waals surface area contributed by atoms with Gasteiger partial charge in [-0.05, 0) is 24.2 Å². The summed E-state index contributed by atoms with van der Waals surface area (Å²) >= 11 is 0. The standard InChI is InChI=1S/C13H28N2O2/c1-13(2)5-3-4-11(12(13)14)10-15(6-8-16)7-9-17/h11-12,16-17H,3-10,14H2,1-2H3. The van der Waals surface area contributed by atoms with Crippen LogP contribution in [-0.2, 0) is 0 Å². The lowest BCUT2D eigenvalue weighted by Gasteiger charge is -2.43.